The van der Waals surface area contributed by atoms with E-state index in [1.165, 1.54) is 36.4 Å². The van der Waals surface area contributed by atoms with Crippen LogP contribution in [0.2, 0.25) is 0 Å². The molecule has 0 atom stereocenters. The average molecular weight is 553 g/mol. The van der Waals surface area contributed by atoms with Crippen molar-refractivity contribution in [2.24, 2.45) is 5.73 Å². The predicted molar refractivity (Wildman–Crippen MR) is 140 cm³/mol. The normalized spacial score (nSPS) is 11.6. The molecule has 0 fully saturated rings. The molecule has 12 heteroatoms. The van der Waals surface area contributed by atoms with E-state index in [1.54, 1.807) is 18.2 Å². The lowest BCUT2D eigenvalue weighted by atomic mass is 10.1. The quantitative estimate of drug-likeness (QED) is 0.301. The highest BCUT2D eigenvalue weighted by Gasteiger charge is 2.33. The summed E-state index contributed by atoms with van der Waals surface area (Å²) < 4.78 is 74.1. The van der Waals surface area contributed by atoms with E-state index in [0.717, 1.165) is 17.1 Å². The zero-order chi connectivity index (χ0) is 26.1. The van der Waals surface area contributed by atoms with Gasteiger partial charge in [0.25, 0.3) is 10.0 Å². The fourth-order valence-corrected chi connectivity index (χ4v) is 4.99. The predicted octanol–water partition coefficient (Wildman–Crippen LogP) is 5.79. The smallest absolute Gasteiger partial charge is 0.433 e. The van der Waals surface area contributed by atoms with Gasteiger partial charge in [-0.15, -0.1) is 12.4 Å². The number of sulfonamides is 1. The molecule has 0 aliphatic heterocycles. The molecule has 0 unspecified atom stereocenters. The third kappa shape index (κ3) is 6.24. The molecule has 196 valence electrons. The van der Waals surface area contributed by atoms with Gasteiger partial charge < -0.3 is 15.4 Å². The molecule has 0 amide bonds. The number of nitrogens with one attached hydrogen (secondary N) is 1. The molecule has 0 aliphatic carbocycles. The molecule has 7 nitrogen and oxygen atoms in total. The Balaban J connectivity index is 0.00000380. The number of nitrogens with two attached hydrogens (primary N) is 1. The number of hydrogen-bond acceptors (Lipinski definition) is 6. The second-order valence-electron chi connectivity index (χ2n) is 8.16. The van der Waals surface area contributed by atoms with Crippen molar-refractivity contribution in [1.29, 1.82) is 0 Å². The molecule has 4 rings (SSSR count). The number of alkyl halides is 3. The number of rotatable bonds is 7. The SMILES string of the molecule is CN(C)c1cccc2c(S(=O)(=O)Nc3cccc(Oc4cc(CN)cc(C(F)(F)F)n4)c3)cccc12.Cl. The van der Waals surface area contributed by atoms with E-state index in [-0.39, 0.29) is 46.7 Å². The highest BCUT2D eigenvalue weighted by atomic mass is 35.5. The number of pyridine rings is 1. The molecule has 0 saturated heterocycles. The molecule has 0 spiro atoms. The second kappa shape index (κ2) is 10.8. The number of benzene rings is 3. The summed E-state index contributed by atoms with van der Waals surface area (Å²) in [5.74, 6) is -0.214. The van der Waals surface area contributed by atoms with E-state index in [4.69, 9.17) is 10.5 Å². The first-order valence-electron chi connectivity index (χ1n) is 10.8. The van der Waals surface area contributed by atoms with Crippen molar-refractivity contribution >= 4 is 44.6 Å². The average Bonchev–Trinajstić information content (AvgIpc) is 2.82. The monoisotopic (exact) mass is 552 g/mol. The number of hydrogen-bond donors (Lipinski definition) is 2. The molecule has 4 aromatic rings. The van der Waals surface area contributed by atoms with E-state index < -0.39 is 21.9 Å². The second-order valence-corrected chi connectivity index (χ2v) is 9.81. The van der Waals surface area contributed by atoms with E-state index in [1.807, 2.05) is 31.1 Å². The van der Waals surface area contributed by atoms with Gasteiger partial charge in [0.2, 0.25) is 5.88 Å². The molecule has 0 aliphatic rings. The topological polar surface area (TPSA) is 97.5 Å². The largest absolute Gasteiger partial charge is 0.439 e. The summed E-state index contributed by atoms with van der Waals surface area (Å²) in [5, 5.41) is 1.32. The van der Waals surface area contributed by atoms with Gasteiger partial charge in [0.1, 0.15) is 11.4 Å². The Bertz CT molecular complexity index is 1530. The molecule has 37 heavy (non-hydrogen) atoms. The van der Waals surface area contributed by atoms with Gasteiger partial charge in [0.05, 0.1) is 10.6 Å². The minimum absolute atomic E-state index is 0. The van der Waals surface area contributed by atoms with Crippen LogP contribution >= 0.6 is 12.4 Å². The number of ether oxygens (including phenoxy) is 1. The van der Waals surface area contributed by atoms with E-state index in [9.17, 15) is 21.6 Å². The van der Waals surface area contributed by atoms with Gasteiger partial charge in [-0.3, -0.25) is 4.72 Å². The molecule has 0 bridgehead atoms. The van der Waals surface area contributed by atoms with E-state index >= 15 is 0 Å². The fourth-order valence-electron chi connectivity index (χ4n) is 3.72. The summed E-state index contributed by atoms with van der Waals surface area (Å²) in [6, 6.07) is 18.4. The number of aromatic nitrogens is 1. The third-order valence-corrected chi connectivity index (χ3v) is 6.77. The Hall–Kier alpha value is -3.54. The summed E-state index contributed by atoms with van der Waals surface area (Å²) in [5.41, 5.74) is 5.60. The molecular weight excluding hydrogens is 529 g/mol. The Labute approximate surface area is 218 Å². The van der Waals surface area contributed by atoms with Crippen LogP contribution in [0.15, 0.2) is 77.7 Å². The lowest BCUT2D eigenvalue weighted by molar-refractivity contribution is -0.141. The summed E-state index contributed by atoms with van der Waals surface area (Å²) in [6.07, 6.45) is -4.67. The van der Waals surface area contributed by atoms with Gasteiger partial charge >= 0.3 is 6.18 Å². The molecule has 1 aromatic heterocycles. The van der Waals surface area contributed by atoms with Crippen LogP contribution < -0.4 is 20.1 Å². The van der Waals surface area contributed by atoms with E-state index in [0.29, 0.717) is 5.39 Å². The number of nitrogens with zero attached hydrogens (tertiary/aromatic N) is 2. The lowest BCUT2D eigenvalue weighted by Crippen LogP contribution is -2.14. The molecule has 3 N–H and O–H groups in total. The maximum Gasteiger partial charge on any atom is 0.433 e. The van der Waals surface area contributed by atoms with Gasteiger partial charge in [-0.1, -0.05) is 30.3 Å². The number of halogens is 4. The summed E-state index contributed by atoms with van der Waals surface area (Å²) in [7, 11) is -0.273. The third-order valence-electron chi connectivity index (χ3n) is 5.33. The van der Waals surface area contributed by atoms with Crippen LogP contribution in [0.5, 0.6) is 11.6 Å². The van der Waals surface area contributed by atoms with Crippen molar-refractivity contribution in [3.05, 3.63) is 84.1 Å². The molecule has 3 aromatic carbocycles. The van der Waals surface area contributed by atoms with Crippen LogP contribution in [-0.4, -0.2) is 27.5 Å². The Morgan fingerprint density at radius 1 is 0.973 bits per heavy atom. The maximum atomic E-state index is 13.3. The first kappa shape index (κ1) is 28.0. The Kier molecular flexibility index (Phi) is 8.21. The first-order chi connectivity index (χ1) is 17.0. The number of fused-ring (bicyclic) bond motifs is 1. The zero-order valence-corrected chi connectivity index (χ0v) is 21.4. The van der Waals surface area contributed by atoms with Crippen molar-refractivity contribution in [1.82, 2.24) is 4.98 Å². The molecule has 1 heterocycles. The van der Waals surface area contributed by atoms with Crippen molar-refractivity contribution in [2.45, 2.75) is 17.6 Å². The van der Waals surface area contributed by atoms with Crippen molar-refractivity contribution < 1.29 is 26.3 Å². The highest BCUT2D eigenvalue weighted by Crippen LogP contribution is 2.33. The minimum Gasteiger partial charge on any atom is -0.439 e. The lowest BCUT2D eigenvalue weighted by Gasteiger charge is -2.17. The number of anilines is 2. The van der Waals surface area contributed by atoms with Crippen LogP contribution in [-0.2, 0) is 22.7 Å². The zero-order valence-electron chi connectivity index (χ0n) is 19.8. The summed E-state index contributed by atoms with van der Waals surface area (Å²) >= 11 is 0. The van der Waals surface area contributed by atoms with Gasteiger partial charge in [-0.25, -0.2) is 13.4 Å². The minimum atomic E-state index is -4.67. The van der Waals surface area contributed by atoms with Crippen molar-refractivity contribution in [3.63, 3.8) is 0 Å². The van der Waals surface area contributed by atoms with Gasteiger partial charge in [0, 0.05) is 49.2 Å². The summed E-state index contributed by atoms with van der Waals surface area (Å²) in [4.78, 5) is 5.49. The maximum absolute atomic E-state index is 13.3. The van der Waals surface area contributed by atoms with Crippen LogP contribution in [0.25, 0.3) is 10.8 Å². The summed E-state index contributed by atoms with van der Waals surface area (Å²) in [6.45, 7) is -0.137. The molecule has 0 saturated carbocycles. The van der Waals surface area contributed by atoms with Crippen LogP contribution in [0.1, 0.15) is 11.3 Å². The Morgan fingerprint density at radius 3 is 2.32 bits per heavy atom. The standard InChI is InChI=1S/C25H23F3N4O3S.ClH/c1-32(2)21-10-4-9-20-19(21)8-5-11-22(20)36(33,34)31-17-6-3-7-18(14-17)35-24-13-16(15-29)12-23(30-24)25(26,27)28;/h3-14,31H,15,29H2,1-2H3;1H. The van der Waals surface area contributed by atoms with Gasteiger partial charge in [-0.05, 0) is 35.9 Å². The first-order valence-corrected chi connectivity index (χ1v) is 12.2. The van der Waals surface area contributed by atoms with Crippen LogP contribution in [0.4, 0.5) is 24.5 Å². The fraction of sp³-hybridized carbons (Fsp3) is 0.160. The van der Waals surface area contributed by atoms with Gasteiger partial charge in [0.15, 0.2) is 0 Å². The molecule has 0 radical (unpaired) electrons. The van der Waals surface area contributed by atoms with E-state index in [2.05, 4.69) is 9.71 Å². The van der Waals surface area contributed by atoms with Gasteiger partial charge in [-0.2, -0.15) is 13.2 Å². The van der Waals surface area contributed by atoms with Crippen molar-refractivity contribution in [2.75, 3.05) is 23.7 Å². The van der Waals surface area contributed by atoms with Crippen LogP contribution in [0, 0.1) is 0 Å². The molecular formula is C25H24ClF3N4O3S. The highest BCUT2D eigenvalue weighted by molar-refractivity contribution is 7.93. The van der Waals surface area contributed by atoms with Crippen molar-refractivity contribution in [3.8, 4) is 11.6 Å². The Morgan fingerprint density at radius 2 is 1.65 bits per heavy atom. The van der Waals surface area contributed by atoms with Crippen LogP contribution in [0.3, 0.4) is 0 Å².